The second-order valence-corrected chi connectivity index (χ2v) is 7.64. The number of fused-ring (bicyclic) bond motifs is 1. The molecule has 2 amide bonds. The van der Waals surface area contributed by atoms with Crippen LogP contribution in [0.4, 0.5) is 5.13 Å². The maximum atomic E-state index is 12.5. The summed E-state index contributed by atoms with van der Waals surface area (Å²) >= 11 is 1.38. The SMILES string of the molecule is COc1ccc2nc(NC(=O)c3ccc(OCC(=O)N4CCOCC4)cc3)sc2c1. The summed E-state index contributed by atoms with van der Waals surface area (Å²) in [7, 11) is 1.61. The maximum absolute atomic E-state index is 12.5. The molecule has 1 aliphatic heterocycles. The van der Waals surface area contributed by atoms with Gasteiger partial charge in [-0.05, 0) is 42.5 Å². The molecule has 1 aromatic heterocycles. The lowest BCUT2D eigenvalue weighted by Gasteiger charge is -2.26. The normalized spacial score (nSPS) is 13.8. The van der Waals surface area contributed by atoms with Crippen LogP contribution in [0.1, 0.15) is 10.4 Å². The molecular formula is C21H21N3O5S. The monoisotopic (exact) mass is 427 g/mol. The molecule has 4 rings (SSSR count). The first-order valence-electron chi connectivity index (χ1n) is 9.47. The Morgan fingerprint density at radius 2 is 1.87 bits per heavy atom. The van der Waals surface area contributed by atoms with Crippen molar-refractivity contribution in [3.63, 3.8) is 0 Å². The highest BCUT2D eigenvalue weighted by Crippen LogP contribution is 2.29. The van der Waals surface area contributed by atoms with Gasteiger partial charge in [0.25, 0.3) is 11.8 Å². The zero-order valence-corrected chi connectivity index (χ0v) is 17.2. The van der Waals surface area contributed by atoms with E-state index in [0.717, 1.165) is 16.0 Å². The van der Waals surface area contributed by atoms with Crippen LogP contribution in [0.25, 0.3) is 10.2 Å². The van der Waals surface area contributed by atoms with Gasteiger partial charge in [-0.2, -0.15) is 0 Å². The van der Waals surface area contributed by atoms with E-state index in [-0.39, 0.29) is 18.4 Å². The maximum Gasteiger partial charge on any atom is 0.260 e. The van der Waals surface area contributed by atoms with Crippen LogP contribution in [-0.2, 0) is 9.53 Å². The molecule has 0 atom stereocenters. The molecule has 1 saturated heterocycles. The first-order chi connectivity index (χ1) is 14.6. The number of methoxy groups -OCH3 is 1. The highest BCUT2D eigenvalue weighted by atomic mass is 32.1. The van der Waals surface area contributed by atoms with Crippen LogP contribution in [0, 0.1) is 0 Å². The Balaban J connectivity index is 1.34. The van der Waals surface area contributed by atoms with Crippen LogP contribution >= 0.6 is 11.3 Å². The summed E-state index contributed by atoms with van der Waals surface area (Å²) < 4.78 is 16.9. The number of morpholine rings is 1. The molecule has 1 fully saturated rings. The number of nitrogens with one attached hydrogen (secondary N) is 1. The van der Waals surface area contributed by atoms with Crippen molar-refractivity contribution in [1.29, 1.82) is 0 Å². The summed E-state index contributed by atoms with van der Waals surface area (Å²) in [6.45, 7) is 2.23. The number of carbonyl (C=O) groups excluding carboxylic acids is 2. The first kappa shape index (κ1) is 20.1. The quantitative estimate of drug-likeness (QED) is 0.651. The Labute approximate surface area is 177 Å². The van der Waals surface area contributed by atoms with Crippen LogP contribution in [0.15, 0.2) is 42.5 Å². The van der Waals surface area contributed by atoms with E-state index in [9.17, 15) is 9.59 Å². The van der Waals surface area contributed by atoms with Gasteiger partial charge >= 0.3 is 0 Å². The fourth-order valence-corrected chi connectivity index (χ4v) is 3.90. The van der Waals surface area contributed by atoms with E-state index in [4.69, 9.17) is 14.2 Å². The summed E-state index contributed by atoms with van der Waals surface area (Å²) in [6.07, 6.45) is 0. The van der Waals surface area contributed by atoms with E-state index in [1.165, 1.54) is 11.3 Å². The Bertz CT molecular complexity index is 1040. The summed E-state index contributed by atoms with van der Waals surface area (Å²) in [5, 5.41) is 3.33. The van der Waals surface area contributed by atoms with Crippen molar-refractivity contribution in [2.75, 3.05) is 45.3 Å². The number of nitrogens with zero attached hydrogens (tertiary/aromatic N) is 2. The summed E-state index contributed by atoms with van der Waals surface area (Å²) in [4.78, 5) is 30.8. The number of hydrogen-bond donors (Lipinski definition) is 1. The highest BCUT2D eigenvalue weighted by molar-refractivity contribution is 7.22. The minimum absolute atomic E-state index is 0.0410. The van der Waals surface area contributed by atoms with E-state index in [1.807, 2.05) is 18.2 Å². The summed E-state index contributed by atoms with van der Waals surface area (Å²) in [5.74, 6) is 0.927. The predicted molar refractivity (Wildman–Crippen MR) is 113 cm³/mol. The molecule has 0 bridgehead atoms. The van der Waals surface area contributed by atoms with E-state index in [1.54, 1.807) is 36.3 Å². The molecule has 1 aliphatic rings. The average Bonchev–Trinajstić information content (AvgIpc) is 3.19. The molecule has 0 radical (unpaired) electrons. The van der Waals surface area contributed by atoms with E-state index >= 15 is 0 Å². The van der Waals surface area contributed by atoms with Crippen LogP contribution in [0.3, 0.4) is 0 Å². The van der Waals surface area contributed by atoms with Crippen LogP contribution in [-0.4, -0.2) is 61.7 Å². The van der Waals surface area contributed by atoms with Crippen molar-refractivity contribution in [2.45, 2.75) is 0 Å². The molecule has 9 heteroatoms. The smallest absolute Gasteiger partial charge is 0.260 e. The minimum Gasteiger partial charge on any atom is -0.497 e. The first-order valence-corrected chi connectivity index (χ1v) is 10.3. The molecule has 2 heterocycles. The summed E-state index contributed by atoms with van der Waals surface area (Å²) in [6, 6.07) is 12.2. The van der Waals surface area contributed by atoms with E-state index < -0.39 is 0 Å². The molecule has 8 nitrogen and oxygen atoms in total. The Morgan fingerprint density at radius 1 is 1.13 bits per heavy atom. The molecular weight excluding hydrogens is 406 g/mol. The van der Waals surface area contributed by atoms with Crippen molar-refractivity contribution in [3.05, 3.63) is 48.0 Å². The lowest BCUT2D eigenvalue weighted by molar-refractivity contribution is -0.137. The lowest BCUT2D eigenvalue weighted by Crippen LogP contribution is -2.42. The van der Waals surface area contributed by atoms with Crippen molar-refractivity contribution in [2.24, 2.45) is 0 Å². The molecule has 2 aromatic carbocycles. The third kappa shape index (κ3) is 4.69. The molecule has 0 unspecified atom stereocenters. The molecule has 30 heavy (non-hydrogen) atoms. The second kappa shape index (κ2) is 9.10. The predicted octanol–water partition coefficient (Wildman–Crippen LogP) is 2.79. The number of rotatable bonds is 6. The van der Waals surface area contributed by atoms with Gasteiger partial charge in [0.15, 0.2) is 11.7 Å². The van der Waals surface area contributed by atoms with E-state index in [0.29, 0.717) is 42.7 Å². The topological polar surface area (TPSA) is 90.0 Å². The zero-order valence-electron chi connectivity index (χ0n) is 16.4. The largest absolute Gasteiger partial charge is 0.497 e. The van der Waals surface area contributed by atoms with Crippen LogP contribution < -0.4 is 14.8 Å². The average molecular weight is 427 g/mol. The molecule has 1 N–H and O–H groups in total. The van der Waals surface area contributed by atoms with Gasteiger partial charge in [-0.3, -0.25) is 14.9 Å². The lowest BCUT2D eigenvalue weighted by atomic mass is 10.2. The van der Waals surface area contributed by atoms with Crippen LogP contribution in [0.2, 0.25) is 0 Å². The van der Waals surface area contributed by atoms with Gasteiger partial charge in [0.1, 0.15) is 11.5 Å². The summed E-state index contributed by atoms with van der Waals surface area (Å²) in [5.41, 5.74) is 1.27. The number of carbonyl (C=O) groups is 2. The van der Waals surface area contributed by atoms with Crippen LogP contribution in [0.5, 0.6) is 11.5 Å². The van der Waals surface area contributed by atoms with Crippen molar-refractivity contribution in [1.82, 2.24) is 9.88 Å². The van der Waals surface area contributed by atoms with Crippen molar-refractivity contribution in [3.8, 4) is 11.5 Å². The fourth-order valence-electron chi connectivity index (χ4n) is 3.01. The van der Waals surface area contributed by atoms with Gasteiger partial charge in [0, 0.05) is 18.7 Å². The Hall–Kier alpha value is -3.17. The van der Waals surface area contributed by atoms with Gasteiger partial charge < -0.3 is 19.1 Å². The van der Waals surface area contributed by atoms with Gasteiger partial charge in [0.2, 0.25) is 0 Å². The molecule has 0 saturated carbocycles. The fraction of sp³-hybridized carbons (Fsp3) is 0.286. The van der Waals surface area contributed by atoms with Gasteiger partial charge in [-0.1, -0.05) is 11.3 Å². The molecule has 0 spiro atoms. The van der Waals surface area contributed by atoms with Gasteiger partial charge in [0.05, 0.1) is 30.5 Å². The molecule has 3 aromatic rings. The molecule has 0 aliphatic carbocycles. The number of ether oxygens (including phenoxy) is 3. The number of thiazole rings is 1. The van der Waals surface area contributed by atoms with Crippen molar-refractivity contribution < 1.29 is 23.8 Å². The third-order valence-corrected chi connectivity index (χ3v) is 5.59. The van der Waals surface area contributed by atoms with Gasteiger partial charge in [-0.25, -0.2) is 4.98 Å². The Kier molecular flexibility index (Phi) is 6.10. The Morgan fingerprint density at radius 3 is 2.60 bits per heavy atom. The van der Waals surface area contributed by atoms with Gasteiger partial charge in [-0.15, -0.1) is 0 Å². The second-order valence-electron chi connectivity index (χ2n) is 6.61. The zero-order chi connectivity index (χ0) is 20.9. The van der Waals surface area contributed by atoms with E-state index in [2.05, 4.69) is 10.3 Å². The minimum atomic E-state index is -0.267. The standard InChI is InChI=1S/C21H21N3O5S/c1-27-16-6-7-17-18(12-16)30-21(22-17)23-20(26)14-2-4-15(5-3-14)29-13-19(25)24-8-10-28-11-9-24/h2-7,12H,8-11,13H2,1H3,(H,22,23,26). The highest BCUT2D eigenvalue weighted by Gasteiger charge is 2.17. The third-order valence-electron chi connectivity index (χ3n) is 4.66. The number of aromatic nitrogens is 1. The number of hydrogen-bond acceptors (Lipinski definition) is 7. The number of amides is 2. The number of benzene rings is 2. The van der Waals surface area contributed by atoms with Crippen molar-refractivity contribution >= 4 is 38.5 Å². The number of anilines is 1. The molecule has 156 valence electrons.